The third kappa shape index (κ3) is 4.91. The van der Waals surface area contributed by atoms with E-state index in [1.807, 2.05) is 24.3 Å². The van der Waals surface area contributed by atoms with Crippen molar-refractivity contribution in [2.24, 2.45) is 0 Å². The molecule has 2 rings (SSSR count). The molecule has 0 unspecified atom stereocenters. The molecule has 1 aromatic heterocycles. The molecule has 0 aliphatic heterocycles. The number of amides is 1. The zero-order chi connectivity index (χ0) is 14.9. The van der Waals surface area contributed by atoms with Crippen LogP contribution in [-0.4, -0.2) is 24.0 Å². The van der Waals surface area contributed by atoms with E-state index in [1.54, 1.807) is 12.3 Å². The van der Waals surface area contributed by atoms with Crippen LogP contribution in [0.4, 0.5) is 5.69 Å². The van der Waals surface area contributed by atoms with Crippen molar-refractivity contribution in [1.82, 2.24) is 10.3 Å². The van der Waals surface area contributed by atoms with E-state index in [0.29, 0.717) is 12.2 Å². The molecule has 1 aromatic carbocycles. The summed E-state index contributed by atoms with van der Waals surface area (Å²) in [5.74, 6) is -0.132. The summed E-state index contributed by atoms with van der Waals surface area (Å²) in [5.41, 5.74) is 2.60. The SMILES string of the molecule is CCCNc1ccc(C(=O)NCCc2ccccc2)nc1. The number of benzene rings is 1. The summed E-state index contributed by atoms with van der Waals surface area (Å²) in [7, 11) is 0. The van der Waals surface area contributed by atoms with Crippen molar-refractivity contribution < 1.29 is 4.79 Å². The maximum Gasteiger partial charge on any atom is 0.269 e. The molecule has 4 nitrogen and oxygen atoms in total. The molecule has 4 heteroatoms. The number of carbonyl (C=O) groups excluding carboxylic acids is 1. The highest BCUT2D eigenvalue weighted by atomic mass is 16.1. The molecule has 1 amide bonds. The van der Waals surface area contributed by atoms with Crippen LogP contribution < -0.4 is 10.6 Å². The fourth-order valence-electron chi connectivity index (χ4n) is 1.96. The molecule has 0 spiro atoms. The minimum atomic E-state index is -0.132. The number of rotatable bonds is 7. The third-order valence-electron chi connectivity index (χ3n) is 3.12. The number of nitrogens with zero attached hydrogens (tertiary/aromatic N) is 1. The van der Waals surface area contributed by atoms with Crippen molar-refractivity contribution in [2.75, 3.05) is 18.4 Å². The van der Waals surface area contributed by atoms with Gasteiger partial charge in [0, 0.05) is 13.1 Å². The second-order valence-corrected chi connectivity index (χ2v) is 4.85. The molecule has 2 aromatic rings. The highest BCUT2D eigenvalue weighted by molar-refractivity contribution is 5.92. The number of hydrogen-bond donors (Lipinski definition) is 2. The van der Waals surface area contributed by atoms with Gasteiger partial charge in [0.2, 0.25) is 0 Å². The molecule has 0 radical (unpaired) electrons. The lowest BCUT2D eigenvalue weighted by atomic mass is 10.1. The number of hydrogen-bond acceptors (Lipinski definition) is 3. The molecular weight excluding hydrogens is 262 g/mol. The molecule has 0 atom stereocenters. The Morgan fingerprint density at radius 3 is 2.57 bits per heavy atom. The molecule has 21 heavy (non-hydrogen) atoms. The van der Waals surface area contributed by atoms with E-state index < -0.39 is 0 Å². The van der Waals surface area contributed by atoms with Crippen LogP contribution in [0.2, 0.25) is 0 Å². The number of nitrogens with one attached hydrogen (secondary N) is 2. The summed E-state index contributed by atoms with van der Waals surface area (Å²) in [6, 6.07) is 13.7. The fourth-order valence-corrected chi connectivity index (χ4v) is 1.96. The van der Waals surface area contributed by atoms with Crippen LogP contribution in [-0.2, 0) is 6.42 Å². The average Bonchev–Trinajstić information content (AvgIpc) is 2.54. The van der Waals surface area contributed by atoms with Crippen LogP contribution in [0.25, 0.3) is 0 Å². The fraction of sp³-hybridized carbons (Fsp3) is 0.294. The molecule has 0 bridgehead atoms. The summed E-state index contributed by atoms with van der Waals surface area (Å²) in [5, 5.41) is 6.12. The first-order valence-corrected chi connectivity index (χ1v) is 7.31. The molecule has 2 N–H and O–H groups in total. The molecule has 110 valence electrons. The zero-order valence-electron chi connectivity index (χ0n) is 12.3. The minimum absolute atomic E-state index is 0.132. The van der Waals surface area contributed by atoms with Crippen LogP contribution in [0, 0.1) is 0 Å². The predicted octanol–water partition coefficient (Wildman–Crippen LogP) is 2.88. The summed E-state index contributed by atoms with van der Waals surface area (Å²) < 4.78 is 0. The lowest BCUT2D eigenvalue weighted by Gasteiger charge is -2.07. The van der Waals surface area contributed by atoms with Crippen molar-refractivity contribution in [3.63, 3.8) is 0 Å². The van der Waals surface area contributed by atoms with Gasteiger partial charge in [-0.25, -0.2) is 4.98 Å². The highest BCUT2D eigenvalue weighted by Crippen LogP contribution is 2.06. The summed E-state index contributed by atoms with van der Waals surface area (Å²) in [6.07, 6.45) is 3.58. The Hall–Kier alpha value is -2.36. The van der Waals surface area contributed by atoms with E-state index in [1.165, 1.54) is 5.56 Å². The second kappa shape index (κ2) is 8.04. The first kappa shape index (κ1) is 15.0. The standard InChI is InChI=1S/C17H21N3O/c1-2-11-18-15-8-9-16(20-13-15)17(21)19-12-10-14-6-4-3-5-7-14/h3-9,13,18H,2,10-12H2,1H3,(H,19,21). The van der Waals surface area contributed by atoms with Gasteiger partial charge in [-0.3, -0.25) is 4.79 Å². The molecule has 0 fully saturated rings. The van der Waals surface area contributed by atoms with Gasteiger partial charge < -0.3 is 10.6 Å². The number of pyridine rings is 1. The van der Waals surface area contributed by atoms with E-state index in [-0.39, 0.29) is 5.91 Å². The Kier molecular flexibility index (Phi) is 5.76. The molecule has 0 saturated heterocycles. The third-order valence-corrected chi connectivity index (χ3v) is 3.12. The Balaban J connectivity index is 1.80. The van der Waals surface area contributed by atoms with Gasteiger partial charge in [0.05, 0.1) is 11.9 Å². The first-order chi connectivity index (χ1) is 10.3. The van der Waals surface area contributed by atoms with Crippen LogP contribution >= 0.6 is 0 Å². The normalized spacial score (nSPS) is 10.1. The Labute approximate surface area is 125 Å². The Morgan fingerprint density at radius 2 is 1.90 bits per heavy atom. The first-order valence-electron chi connectivity index (χ1n) is 7.31. The topological polar surface area (TPSA) is 54.0 Å². The van der Waals surface area contributed by atoms with Gasteiger partial charge in [-0.15, -0.1) is 0 Å². The number of carbonyl (C=O) groups is 1. The van der Waals surface area contributed by atoms with Crippen LogP contribution in [0.15, 0.2) is 48.7 Å². The smallest absolute Gasteiger partial charge is 0.269 e. The lowest BCUT2D eigenvalue weighted by Crippen LogP contribution is -2.26. The summed E-state index contributed by atoms with van der Waals surface area (Å²) in [6.45, 7) is 3.62. The predicted molar refractivity (Wildman–Crippen MR) is 85.5 cm³/mol. The maximum atomic E-state index is 12.0. The summed E-state index contributed by atoms with van der Waals surface area (Å²) >= 11 is 0. The molecule has 1 heterocycles. The van der Waals surface area contributed by atoms with Gasteiger partial charge in [0.15, 0.2) is 0 Å². The second-order valence-electron chi connectivity index (χ2n) is 4.85. The average molecular weight is 283 g/mol. The Bertz CT molecular complexity index is 552. The van der Waals surface area contributed by atoms with E-state index >= 15 is 0 Å². The van der Waals surface area contributed by atoms with E-state index in [4.69, 9.17) is 0 Å². The van der Waals surface area contributed by atoms with Gasteiger partial charge in [0.25, 0.3) is 5.91 Å². The van der Waals surface area contributed by atoms with Crippen molar-refractivity contribution in [3.05, 3.63) is 59.9 Å². The van der Waals surface area contributed by atoms with Gasteiger partial charge >= 0.3 is 0 Å². The van der Waals surface area contributed by atoms with Crippen molar-refractivity contribution in [3.8, 4) is 0 Å². The van der Waals surface area contributed by atoms with Crippen LogP contribution in [0.3, 0.4) is 0 Å². The van der Waals surface area contributed by atoms with Gasteiger partial charge in [-0.2, -0.15) is 0 Å². The van der Waals surface area contributed by atoms with Gasteiger partial charge in [0.1, 0.15) is 5.69 Å². The van der Waals surface area contributed by atoms with Crippen molar-refractivity contribution in [2.45, 2.75) is 19.8 Å². The monoisotopic (exact) mass is 283 g/mol. The largest absolute Gasteiger partial charge is 0.384 e. The Morgan fingerprint density at radius 1 is 1.10 bits per heavy atom. The number of anilines is 1. The summed E-state index contributed by atoms with van der Waals surface area (Å²) in [4.78, 5) is 16.1. The van der Waals surface area contributed by atoms with E-state index in [0.717, 1.165) is 25.1 Å². The maximum absolute atomic E-state index is 12.0. The zero-order valence-corrected chi connectivity index (χ0v) is 12.3. The van der Waals surface area contributed by atoms with Crippen LogP contribution in [0.5, 0.6) is 0 Å². The van der Waals surface area contributed by atoms with E-state index in [9.17, 15) is 4.79 Å². The van der Waals surface area contributed by atoms with Crippen molar-refractivity contribution in [1.29, 1.82) is 0 Å². The van der Waals surface area contributed by atoms with Gasteiger partial charge in [-0.05, 0) is 30.5 Å². The number of aromatic nitrogens is 1. The minimum Gasteiger partial charge on any atom is -0.384 e. The lowest BCUT2D eigenvalue weighted by molar-refractivity contribution is 0.0949. The van der Waals surface area contributed by atoms with Crippen LogP contribution in [0.1, 0.15) is 29.4 Å². The molecule has 0 aliphatic rings. The van der Waals surface area contributed by atoms with E-state index in [2.05, 4.69) is 34.7 Å². The molecule has 0 aliphatic carbocycles. The van der Waals surface area contributed by atoms with Crippen molar-refractivity contribution >= 4 is 11.6 Å². The quantitative estimate of drug-likeness (QED) is 0.821. The molecule has 0 saturated carbocycles. The van der Waals surface area contributed by atoms with Gasteiger partial charge in [-0.1, -0.05) is 37.3 Å². The molecular formula is C17H21N3O. The highest BCUT2D eigenvalue weighted by Gasteiger charge is 2.06.